The molecule has 1 aliphatic heterocycles. The molecule has 4 rings (SSSR count). The first-order valence-corrected chi connectivity index (χ1v) is 10.6. The van der Waals surface area contributed by atoms with Crippen LogP contribution >= 0.6 is 0 Å². The van der Waals surface area contributed by atoms with Gasteiger partial charge in [-0.15, -0.1) is 5.10 Å². The summed E-state index contributed by atoms with van der Waals surface area (Å²) in [6, 6.07) is 16.7. The van der Waals surface area contributed by atoms with E-state index < -0.39 is 0 Å². The third-order valence-electron chi connectivity index (χ3n) is 5.63. The molecule has 1 aliphatic rings. The van der Waals surface area contributed by atoms with Crippen molar-refractivity contribution in [3.8, 4) is 11.4 Å². The van der Waals surface area contributed by atoms with Gasteiger partial charge >= 0.3 is 0 Å². The molecular weight excluding hydrogens is 411 g/mol. The summed E-state index contributed by atoms with van der Waals surface area (Å²) in [6.45, 7) is 1.38. The number of rotatable bonds is 6. The van der Waals surface area contributed by atoms with Crippen LogP contribution < -0.4 is 20.5 Å². The molecule has 0 bridgehead atoms. The number of hydrogen-bond acceptors (Lipinski definition) is 5. The van der Waals surface area contributed by atoms with E-state index >= 15 is 0 Å². The van der Waals surface area contributed by atoms with E-state index in [1.807, 2.05) is 4.90 Å². The molecule has 0 radical (unpaired) electrons. The highest BCUT2D eigenvalue weighted by Gasteiger charge is 2.27. The van der Waals surface area contributed by atoms with Gasteiger partial charge in [0.15, 0.2) is 0 Å². The van der Waals surface area contributed by atoms with Gasteiger partial charge in [0, 0.05) is 31.3 Å². The maximum Gasteiger partial charge on any atom is 0.271 e. The van der Waals surface area contributed by atoms with Crippen LogP contribution in [0.25, 0.3) is 5.69 Å². The number of nitrogens with zero attached hydrogens (tertiary/aromatic N) is 3. The number of nitrogens with one attached hydrogen (secondary N) is 1. The van der Waals surface area contributed by atoms with Crippen LogP contribution in [0.3, 0.4) is 0 Å². The number of methoxy groups -OCH3 is 1. The second-order valence-corrected chi connectivity index (χ2v) is 7.73. The molecule has 2 heterocycles. The number of piperidine rings is 1. The molecule has 32 heavy (non-hydrogen) atoms. The van der Waals surface area contributed by atoms with Crippen LogP contribution in [0.4, 0.5) is 10.2 Å². The molecule has 0 saturated carbocycles. The molecule has 1 fully saturated rings. The van der Waals surface area contributed by atoms with Crippen molar-refractivity contribution in [2.75, 3.05) is 25.1 Å². The summed E-state index contributed by atoms with van der Waals surface area (Å²) in [6.07, 6.45) is 1.57. The Bertz CT molecular complexity index is 1150. The van der Waals surface area contributed by atoms with E-state index in [0.717, 1.165) is 19.4 Å². The molecule has 1 N–H and O–H groups in total. The number of halogens is 1. The van der Waals surface area contributed by atoms with Crippen LogP contribution in [0.5, 0.6) is 5.75 Å². The van der Waals surface area contributed by atoms with Crippen molar-refractivity contribution in [2.45, 2.75) is 19.4 Å². The number of carbonyl (C=O) groups is 1. The van der Waals surface area contributed by atoms with Gasteiger partial charge in [0.2, 0.25) is 5.91 Å². The van der Waals surface area contributed by atoms with E-state index in [-0.39, 0.29) is 29.7 Å². The maximum atomic E-state index is 13.8. The van der Waals surface area contributed by atoms with Crippen LogP contribution in [-0.2, 0) is 11.3 Å². The van der Waals surface area contributed by atoms with E-state index in [0.29, 0.717) is 29.4 Å². The van der Waals surface area contributed by atoms with Crippen molar-refractivity contribution in [3.05, 3.63) is 82.4 Å². The van der Waals surface area contributed by atoms with E-state index in [2.05, 4.69) is 10.4 Å². The number of ether oxygens (including phenoxy) is 1. The third kappa shape index (κ3) is 4.80. The Morgan fingerprint density at radius 1 is 1.16 bits per heavy atom. The molecule has 1 amide bonds. The fourth-order valence-corrected chi connectivity index (χ4v) is 3.85. The third-order valence-corrected chi connectivity index (χ3v) is 5.63. The number of hydrogen-bond donors (Lipinski definition) is 1. The summed E-state index contributed by atoms with van der Waals surface area (Å²) < 4.78 is 20.3. The van der Waals surface area contributed by atoms with Gasteiger partial charge in [0.05, 0.1) is 18.7 Å². The molecule has 0 spiro atoms. The van der Waals surface area contributed by atoms with Crippen LogP contribution in [0.15, 0.2) is 65.5 Å². The van der Waals surface area contributed by atoms with E-state index in [1.54, 1.807) is 55.6 Å². The fraction of sp³-hybridized carbons (Fsp3) is 0.292. The SMILES string of the molecule is COc1ccc(-n2nc(N3CCCC(C(=O)NCc4ccccc4F)C3)ccc2=O)cc1. The zero-order chi connectivity index (χ0) is 22.5. The van der Waals surface area contributed by atoms with Crippen molar-refractivity contribution < 1.29 is 13.9 Å². The Morgan fingerprint density at radius 2 is 1.94 bits per heavy atom. The Balaban J connectivity index is 1.46. The highest BCUT2D eigenvalue weighted by atomic mass is 19.1. The quantitative estimate of drug-likeness (QED) is 0.643. The van der Waals surface area contributed by atoms with Crippen molar-refractivity contribution in [1.29, 1.82) is 0 Å². The second-order valence-electron chi connectivity index (χ2n) is 7.73. The average molecular weight is 436 g/mol. The molecular formula is C24H25FN4O3. The van der Waals surface area contributed by atoms with Crippen molar-refractivity contribution in [1.82, 2.24) is 15.1 Å². The zero-order valence-corrected chi connectivity index (χ0v) is 17.8. The highest BCUT2D eigenvalue weighted by molar-refractivity contribution is 5.79. The Morgan fingerprint density at radius 3 is 2.69 bits per heavy atom. The smallest absolute Gasteiger partial charge is 0.271 e. The molecule has 1 aromatic heterocycles. The first-order valence-electron chi connectivity index (χ1n) is 10.6. The van der Waals surface area contributed by atoms with Gasteiger partial charge in [0.1, 0.15) is 17.4 Å². The van der Waals surface area contributed by atoms with Gasteiger partial charge in [0.25, 0.3) is 5.56 Å². The molecule has 1 atom stereocenters. The number of aromatic nitrogens is 2. The number of anilines is 1. The molecule has 166 valence electrons. The van der Waals surface area contributed by atoms with Crippen LogP contribution in [0.2, 0.25) is 0 Å². The average Bonchev–Trinajstić information content (AvgIpc) is 2.84. The normalized spacial score (nSPS) is 15.9. The fourth-order valence-electron chi connectivity index (χ4n) is 3.85. The first kappa shape index (κ1) is 21.5. The van der Waals surface area contributed by atoms with E-state index in [9.17, 15) is 14.0 Å². The summed E-state index contributed by atoms with van der Waals surface area (Å²) in [7, 11) is 1.58. The Hall–Kier alpha value is -3.68. The number of carbonyl (C=O) groups excluding carboxylic acids is 1. The van der Waals surface area contributed by atoms with E-state index in [4.69, 9.17) is 4.74 Å². The Kier molecular flexibility index (Phi) is 6.49. The summed E-state index contributed by atoms with van der Waals surface area (Å²) in [5.41, 5.74) is 0.852. The lowest BCUT2D eigenvalue weighted by molar-refractivity contribution is -0.125. The summed E-state index contributed by atoms with van der Waals surface area (Å²) in [4.78, 5) is 27.1. The molecule has 1 unspecified atom stereocenters. The summed E-state index contributed by atoms with van der Waals surface area (Å²) in [5.74, 6) is 0.647. The summed E-state index contributed by atoms with van der Waals surface area (Å²) in [5, 5.41) is 7.37. The molecule has 0 aliphatic carbocycles. The van der Waals surface area contributed by atoms with Crippen LogP contribution in [-0.4, -0.2) is 35.9 Å². The minimum atomic E-state index is -0.331. The predicted octanol–water partition coefficient (Wildman–Crippen LogP) is 2.91. The molecule has 2 aromatic carbocycles. The lowest BCUT2D eigenvalue weighted by Crippen LogP contribution is -2.43. The minimum absolute atomic E-state index is 0.110. The van der Waals surface area contributed by atoms with Gasteiger partial charge in [-0.2, -0.15) is 4.68 Å². The van der Waals surface area contributed by atoms with Gasteiger partial charge in [-0.25, -0.2) is 4.39 Å². The lowest BCUT2D eigenvalue weighted by atomic mass is 9.97. The van der Waals surface area contributed by atoms with Crippen molar-refractivity contribution in [3.63, 3.8) is 0 Å². The number of benzene rings is 2. The number of amides is 1. The largest absolute Gasteiger partial charge is 0.497 e. The minimum Gasteiger partial charge on any atom is -0.497 e. The molecule has 7 nitrogen and oxygen atoms in total. The maximum absolute atomic E-state index is 13.8. The summed E-state index contributed by atoms with van der Waals surface area (Å²) >= 11 is 0. The van der Waals surface area contributed by atoms with Crippen molar-refractivity contribution in [2.24, 2.45) is 5.92 Å². The van der Waals surface area contributed by atoms with Gasteiger partial charge < -0.3 is 15.0 Å². The zero-order valence-electron chi connectivity index (χ0n) is 17.8. The van der Waals surface area contributed by atoms with Crippen molar-refractivity contribution >= 4 is 11.7 Å². The standard InChI is InChI=1S/C24H25FN4O3/c1-32-20-10-8-19(9-11-20)29-23(30)13-12-22(27-29)28-14-4-6-18(16-28)24(31)26-15-17-5-2-3-7-21(17)25/h2-3,5,7-13,18H,4,6,14-16H2,1H3,(H,26,31). The van der Waals surface area contributed by atoms with Gasteiger partial charge in [-0.05, 0) is 49.2 Å². The molecule has 8 heteroatoms. The van der Waals surface area contributed by atoms with Gasteiger partial charge in [-0.3, -0.25) is 9.59 Å². The van der Waals surface area contributed by atoms with Crippen LogP contribution in [0.1, 0.15) is 18.4 Å². The van der Waals surface area contributed by atoms with Crippen LogP contribution in [0, 0.1) is 11.7 Å². The lowest BCUT2D eigenvalue weighted by Gasteiger charge is -2.33. The van der Waals surface area contributed by atoms with E-state index in [1.165, 1.54) is 16.8 Å². The predicted molar refractivity (Wildman–Crippen MR) is 120 cm³/mol. The second kappa shape index (κ2) is 9.64. The first-order chi connectivity index (χ1) is 15.5. The highest BCUT2D eigenvalue weighted by Crippen LogP contribution is 2.22. The Labute approximate surface area is 185 Å². The molecule has 3 aromatic rings. The monoisotopic (exact) mass is 436 g/mol. The van der Waals surface area contributed by atoms with Gasteiger partial charge in [-0.1, -0.05) is 18.2 Å². The molecule has 1 saturated heterocycles. The topological polar surface area (TPSA) is 76.5 Å².